The zero-order valence-electron chi connectivity index (χ0n) is 12.0. The molecule has 0 aliphatic rings. The molecule has 6 N–H and O–H groups in total. The molecule has 0 spiro atoms. The van der Waals surface area contributed by atoms with Crippen molar-refractivity contribution in [1.29, 1.82) is 0 Å². The first-order valence-electron chi connectivity index (χ1n) is 5.41. The molecule has 0 unspecified atom stereocenters. The topological polar surface area (TPSA) is 198 Å². The van der Waals surface area contributed by atoms with E-state index in [1.807, 2.05) is 0 Å². The van der Waals surface area contributed by atoms with E-state index in [0.717, 1.165) is 0 Å². The molecule has 10 nitrogen and oxygen atoms in total. The molecular formula is C10H18O10Zn2+2. The van der Waals surface area contributed by atoms with Crippen LogP contribution in [0.2, 0.25) is 0 Å². The predicted octanol–water partition coefficient (Wildman–Crippen LogP) is -0.297. The summed E-state index contributed by atoms with van der Waals surface area (Å²) in [6, 6.07) is 0. The van der Waals surface area contributed by atoms with Gasteiger partial charge in [0, 0.05) is 25.7 Å². The van der Waals surface area contributed by atoms with E-state index in [2.05, 4.69) is 0 Å². The Morgan fingerprint density at radius 3 is 0.818 bits per heavy atom. The molecule has 0 fully saturated rings. The molecule has 0 aromatic rings. The molecule has 0 amide bonds. The second-order valence-electron chi connectivity index (χ2n) is 3.28. The third kappa shape index (κ3) is 51.0. The number of carbonyl (C=O) groups is 4. The minimum atomic E-state index is -0.948. The molecule has 0 bridgehead atoms. The van der Waals surface area contributed by atoms with Crippen LogP contribution >= 0.6 is 0 Å². The van der Waals surface area contributed by atoms with Crippen molar-refractivity contribution in [3.8, 4) is 0 Å². The fourth-order valence-electron chi connectivity index (χ4n) is 0.782. The van der Waals surface area contributed by atoms with Crippen LogP contribution < -0.4 is 0 Å². The zero-order valence-corrected chi connectivity index (χ0v) is 17.9. The van der Waals surface area contributed by atoms with Gasteiger partial charge in [-0.15, -0.1) is 0 Å². The van der Waals surface area contributed by atoms with E-state index in [1.165, 1.54) is 0 Å². The number of carboxylic acids is 4. The van der Waals surface area contributed by atoms with Gasteiger partial charge >= 0.3 is 65.2 Å². The van der Waals surface area contributed by atoms with Gasteiger partial charge in [0.1, 0.15) is 0 Å². The fourth-order valence-corrected chi connectivity index (χ4v) is 0.782. The van der Waals surface area contributed by atoms with Crippen molar-refractivity contribution >= 4 is 23.9 Å². The Balaban J connectivity index is -0.0000000726. The van der Waals surface area contributed by atoms with E-state index in [0.29, 0.717) is 0 Å². The zero-order chi connectivity index (χ0) is 16.6. The van der Waals surface area contributed by atoms with Gasteiger partial charge in [-0.05, 0) is 12.8 Å². The predicted molar refractivity (Wildman–Crippen MR) is 62.5 cm³/mol. The first-order valence-corrected chi connectivity index (χ1v) is 6.63. The molecule has 0 radical (unpaired) electrons. The van der Waals surface area contributed by atoms with Gasteiger partial charge in [0.15, 0.2) is 0 Å². The van der Waals surface area contributed by atoms with Gasteiger partial charge in [0.25, 0.3) is 0 Å². The van der Waals surface area contributed by atoms with Crippen molar-refractivity contribution in [2.45, 2.75) is 38.5 Å². The fraction of sp³-hybridized carbons (Fsp3) is 0.600. The SMILES string of the molecule is O.O=C(O)CCCC(=O)O.O=C(O)CCCC(=O)O.[O]=[Zn].[Zn+2]. The van der Waals surface area contributed by atoms with Crippen LogP contribution in [0.5, 0.6) is 0 Å². The number of hydrogen-bond donors (Lipinski definition) is 4. The molecule has 0 aliphatic carbocycles. The van der Waals surface area contributed by atoms with Gasteiger partial charge in [-0.2, -0.15) is 0 Å². The second kappa shape index (κ2) is 24.9. The van der Waals surface area contributed by atoms with Crippen molar-refractivity contribution in [1.82, 2.24) is 0 Å². The van der Waals surface area contributed by atoms with E-state index < -0.39 is 23.9 Å². The molecule has 120 valence electrons. The second-order valence-corrected chi connectivity index (χ2v) is 3.28. The quantitative estimate of drug-likeness (QED) is 0.374. The summed E-state index contributed by atoms with van der Waals surface area (Å²) in [5, 5.41) is 32.1. The van der Waals surface area contributed by atoms with Gasteiger partial charge in [0.2, 0.25) is 0 Å². The maximum Gasteiger partial charge on any atom is 2.00 e. The Kier molecular flexibility index (Phi) is 37.0. The van der Waals surface area contributed by atoms with E-state index in [-0.39, 0.29) is 81.7 Å². The van der Waals surface area contributed by atoms with E-state index >= 15 is 0 Å². The van der Waals surface area contributed by atoms with Gasteiger partial charge in [-0.3, -0.25) is 19.2 Å². The molecule has 22 heavy (non-hydrogen) atoms. The van der Waals surface area contributed by atoms with E-state index in [1.54, 1.807) is 0 Å². The normalized spacial score (nSPS) is 7.55. The summed E-state index contributed by atoms with van der Waals surface area (Å²) in [5.41, 5.74) is 0. The van der Waals surface area contributed by atoms with Gasteiger partial charge in [0.05, 0.1) is 0 Å². The Hall–Kier alpha value is -1.11. The van der Waals surface area contributed by atoms with Crippen LogP contribution in [-0.4, -0.2) is 49.8 Å². The maximum absolute atomic E-state index is 9.79. The average molecular weight is 429 g/mol. The van der Waals surface area contributed by atoms with Crippen molar-refractivity contribution in [3.05, 3.63) is 0 Å². The molecular weight excluding hydrogens is 411 g/mol. The van der Waals surface area contributed by atoms with Crippen molar-refractivity contribution in [2.75, 3.05) is 0 Å². The summed E-state index contributed by atoms with van der Waals surface area (Å²) in [6.07, 6.45) is 0.173. The van der Waals surface area contributed by atoms with Crippen molar-refractivity contribution in [2.24, 2.45) is 0 Å². The summed E-state index contributed by atoms with van der Waals surface area (Å²) in [7, 11) is 0. The summed E-state index contributed by atoms with van der Waals surface area (Å²) < 4.78 is 8.38. The molecule has 12 heteroatoms. The Bertz CT molecular complexity index is 263. The number of aliphatic carboxylic acids is 4. The number of carboxylic acid groups (broad SMARTS) is 4. The largest absolute Gasteiger partial charge is 2.00 e. The molecule has 0 atom stereocenters. The molecule has 0 aromatic carbocycles. The van der Waals surface area contributed by atoms with Crippen LogP contribution in [0.1, 0.15) is 38.5 Å². The minimum absolute atomic E-state index is 0. The standard InChI is InChI=1S/2C5H8O4.H2O.O.2Zn/c2*6-4(7)2-1-3-5(8)9;;;;/h2*1-3H2,(H,6,7)(H,8,9);1H2;;;/q;;;;;+2. The molecule has 0 rings (SSSR count). The van der Waals surface area contributed by atoms with E-state index in [4.69, 9.17) is 24.0 Å². The van der Waals surface area contributed by atoms with Crippen LogP contribution in [0.4, 0.5) is 0 Å². The van der Waals surface area contributed by atoms with Crippen LogP contribution in [0.3, 0.4) is 0 Å². The summed E-state index contributed by atoms with van der Waals surface area (Å²) in [4.78, 5) is 39.2. The maximum atomic E-state index is 9.79. The van der Waals surface area contributed by atoms with Crippen LogP contribution in [-0.2, 0) is 60.5 Å². The van der Waals surface area contributed by atoms with Crippen molar-refractivity contribution < 1.29 is 86.4 Å². The van der Waals surface area contributed by atoms with Gasteiger partial charge in [-0.1, -0.05) is 0 Å². The first kappa shape index (κ1) is 32.7. The molecule has 0 saturated carbocycles. The Morgan fingerprint density at radius 2 is 0.727 bits per heavy atom. The smallest absolute Gasteiger partial charge is 2.00 e. The molecule has 0 aliphatic heterocycles. The van der Waals surface area contributed by atoms with Gasteiger partial charge in [-0.25, -0.2) is 0 Å². The van der Waals surface area contributed by atoms with Gasteiger partial charge < -0.3 is 25.9 Å². The van der Waals surface area contributed by atoms with Crippen LogP contribution in [0.15, 0.2) is 0 Å². The van der Waals surface area contributed by atoms with Crippen LogP contribution in [0.25, 0.3) is 0 Å². The third-order valence-electron chi connectivity index (χ3n) is 1.56. The monoisotopic (exact) mass is 426 g/mol. The van der Waals surface area contributed by atoms with Crippen molar-refractivity contribution in [3.63, 3.8) is 0 Å². The van der Waals surface area contributed by atoms with Crippen LogP contribution in [0, 0.1) is 0 Å². The first-order chi connectivity index (χ1) is 9.25. The minimum Gasteiger partial charge on any atom is 2.00 e. The number of rotatable bonds is 8. The van der Waals surface area contributed by atoms with E-state index in [9.17, 15) is 19.2 Å². The molecule has 0 heterocycles. The Morgan fingerprint density at radius 1 is 0.591 bits per heavy atom. The molecule has 0 saturated heterocycles. The summed E-state index contributed by atoms with van der Waals surface area (Å²) >= 11 is 0.125. The molecule has 0 aromatic heterocycles. The summed E-state index contributed by atoms with van der Waals surface area (Å²) in [6.45, 7) is 0. The average Bonchev–Trinajstić information content (AvgIpc) is 2.30. The third-order valence-corrected chi connectivity index (χ3v) is 1.56. The number of hydrogen-bond acceptors (Lipinski definition) is 5. The summed E-state index contributed by atoms with van der Waals surface area (Å²) in [5.74, 6) is -3.79. The Labute approximate surface area is 148 Å².